The molecule has 2 heterocycles. The third-order valence-electron chi connectivity index (χ3n) is 1.83. The van der Waals surface area contributed by atoms with E-state index in [0.717, 1.165) is 23.1 Å². The SMILES string of the molecule is O=C(O)c1cnc(C2CSCCO2)s1. The molecular formula is C8H9NO3S2. The number of carboxylic acid groups (broad SMARTS) is 1. The Balaban J connectivity index is 2.11. The van der Waals surface area contributed by atoms with Crippen molar-refractivity contribution >= 4 is 29.1 Å². The number of carboxylic acids is 1. The van der Waals surface area contributed by atoms with Crippen LogP contribution in [0.4, 0.5) is 0 Å². The van der Waals surface area contributed by atoms with E-state index >= 15 is 0 Å². The Labute approximate surface area is 89.3 Å². The molecule has 0 amide bonds. The zero-order chi connectivity index (χ0) is 9.97. The highest BCUT2D eigenvalue weighted by atomic mass is 32.2. The summed E-state index contributed by atoms with van der Waals surface area (Å²) in [4.78, 5) is 15.0. The molecular weight excluding hydrogens is 222 g/mol. The molecule has 0 radical (unpaired) electrons. The molecule has 0 saturated carbocycles. The van der Waals surface area contributed by atoms with Gasteiger partial charge in [-0.3, -0.25) is 0 Å². The number of nitrogens with zero attached hydrogens (tertiary/aromatic N) is 1. The van der Waals surface area contributed by atoms with Gasteiger partial charge in [0.15, 0.2) is 0 Å². The number of thiazole rings is 1. The highest BCUT2D eigenvalue weighted by molar-refractivity contribution is 7.99. The number of hydrogen-bond donors (Lipinski definition) is 1. The van der Waals surface area contributed by atoms with Gasteiger partial charge in [-0.1, -0.05) is 0 Å². The fourth-order valence-electron chi connectivity index (χ4n) is 1.17. The quantitative estimate of drug-likeness (QED) is 0.838. The van der Waals surface area contributed by atoms with Crippen molar-refractivity contribution in [1.82, 2.24) is 4.98 Å². The number of rotatable bonds is 2. The molecule has 14 heavy (non-hydrogen) atoms. The molecule has 1 saturated heterocycles. The lowest BCUT2D eigenvalue weighted by molar-refractivity contribution is 0.0702. The van der Waals surface area contributed by atoms with Crippen LogP contribution in [0.2, 0.25) is 0 Å². The largest absolute Gasteiger partial charge is 0.477 e. The minimum absolute atomic E-state index is 0.0214. The molecule has 76 valence electrons. The molecule has 0 bridgehead atoms. The van der Waals surface area contributed by atoms with Crippen molar-refractivity contribution < 1.29 is 14.6 Å². The number of thioether (sulfide) groups is 1. The summed E-state index contributed by atoms with van der Waals surface area (Å²) in [5.41, 5.74) is 0. The predicted molar refractivity (Wildman–Crippen MR) is 55.1 cm³/mol. The van der Waals surface area contributed by atoms with E-state index in [-0.39, 0.29) is 11.0 Å². The van der Waals surface area contributed by atoms with Gasteiger partial charge >= 0.3 is 5.97 Å². The predicted octanol–water partition coefficient (Wildman–Crippen LogP) is 1.65. The Kier molecular flexibility index (Phi) is 3.05. The van der Waals surface area contributed by atoms with E-state index in [1.54, 1.807) is 0 Å². The second-order valence-corrected chi connectivity index (χ2v) is 5.01. The van der Waals surface area contributed by atoms with Gasteiger partial charge in [0.25, 0.3) is 0 Å². The van der Waals surface area contributed by atoms with Crippen LogP contribution >= 0.6 is 23.1 Å². The van der Waals surface area contributed by atoms with E-state index in [0.29, 0.717) is 0 Å². The van der Waals surface area contributed by atoms with Gasteiger partial charge in [-0.25, -0.2) is 9.78 Å². The first kappa shape index (κ1) is 9.95. The van der Waals surface area contributed by atoms with Gasteiger partial charge in [0.05, 0.1) is 12.8 Å². The van der Waals surface area contributed by atoms with Gasteiger partial charge in [-0.15, -0.1) is 11.3 Å². The Morgan fingerprint density at radius 2 is 2.57 bits per heavy atom. The smallest absolute Gasteiger partial charge is 0.347 e. The first-order valence-electron chi connectivity index (χ1n) is 4.16. The number of carbonyl (C=O) groups is 1. The van der Waals surface area contributed by atoms with E-state index in [1.807, 2.05) is 11.8 Å². The van der Waals surface area contributed by atoms with E-state index < -0.39 is 5.97 Å². The second-order valence-electron chi connectivity index (χ2n) is 2.80. The normalized spacial score (nSPS) is 22.1. The van der Waals surface area contributed by atoms with Gasteiger partial charge in [0, 0.05) is 11.5 Å². The Morgan fingerprint density at radius 1 is 1.71 bits per heavy atom. The zero-order valence-electron chi connectivity index (χ0n) is 7.30. The third-order valence-corrected chi connectivity index (χ3v) is 3.90. The lowest BCUT2D eigenvalue weighted by Crippen LogP contribution is -2.15. The van der Waals surface area contributed by atoms with E-state index in [1.165, 1.54) is 17.5 Å². The van der Waals surface area contributed by atoms with Crippen LogP contribution in [0.1, 0.15) is 20.8 Å². The number of aromatic nitrogens is 1. The summed E-state index contributed by atoms with van der Waals surface area (Å²) in [5, 5.41) is 9.49. The van der Waals surface area contributed by atoms with Crippen LogP contribution in [-0.2, 0) is 4.74 Å². The molecule has 1 fully saturated rings. The summed E-state index contributed by atoms with van der Waals surface area (Å²) < 4.78 is 5.49. The van der Waals surface area contributed by atoms with Gasteiger partial charge < -0.3 is 9.84 Å². The summed E-state index contributed by atoms with van der Waals surface area (Å²) in [6.07, 6.45) is 1.37. The summed E-state index contributed by atoms with van der Waals surface area (Å²) in [5.74, 6) is 0.956. The van der Waals surface area contributed by atoms with Crippen molar-refractivity contribution in [1.29, 1.82) is 0 Å². The molecule has 0 spiro atoms. The van der Waals surface area contributed by atoms with Gasteiger partial charge in [0.2, 0.25) is 0 Å². The summed E-state index contributed by atoms with van der Waals surface area (Å²) in [6, 6.07) is 0. The molecule has 4 nitrogen and oxygen atoms in total. The minimum Gasteiger partial charge on any atom is -0.477 e. The Bertz CT molecular complexity index is 333. The van der Waals surface area contributed by atoms with Gasteiger partial charge in [-0.05, 0) is 0 Å². The minimum atomic E-state index is -0.919. The monoisotopic (exact) mass is 231 g/mol. The highest BCUT2D eigenvalue weighted by Gasteiger charge is 2.20. The molecule has 1 aliphatic rings. The number of hydrogen-bond acceptors (Lipinski definition) is 5. The standard InChI is InChI=1S/C8H9NO3S2/c10-8(11)6-3-9-7(14-6)5-4-13-2-1-12-5/h3,5H,1-2,4H2,(H,10,11). The third kappa shape index (κ3) is 2.08. The first-order chi connectivity index (χ1) is 6.77. The molecule has 6 heteroatoms. The highest BCUT2D eigenvalue weighted by Crippen LogP contribution is 2.29. The van der Waals surface area contributed by atoms with Crippen molar-refractivity contribution in [2.45, 2.75) is 6.10 Å². The molecule has 0 aromatic carbocycles. The Hall–Kier alpha value is -0.590. The number of aromatic carboxylic acids is 1. The molecule has 1 unspecified atom stereocenters. The van der Waals surface area contributed by atoms with Gasteiger partial charge in [0.1, 0.15) is 16.0 Å². The van der Waals surface area contributed by atoms with Crippen LogP contribution < -0.4 is 0 Å². The molecule has 1 aliphatic heterocycles. The maximum atomic E-state index is 10.6. The van der Waals surface area contributed by atoms with E-state index in [2.05, 4.69) is 4.98 Å². The average Bonchev–Trinajstić information content (AvgIpc) is 2.68. The van der Waals surface area contributed by atoms with Crippen LogP contribution in [0.3, 0.4) is 0 Å². The van der Waals surface area contributed by atoms with E-state index in [4.69, 9.17) is 9.84 Å². The van der Waals surface area contributed by atoms with Crippen molar-refractivity contribution in [3.63, 3.8) is 0 Å². The molecule has 2 rings (SSSR count). The fourth-order valence-corrected chi connectivity index (χ4v) is 2.93. The average molecular weight is 231 g/mol. The van der Waals surface area contributed by atoms with Crippen LogP contribution in [0.15, 0.2) is 6.20 Å². The maximum Gasteiger partial charge on any atom is 0.347 e. The topological polar surface area (TPSA) is 59.4 Å². The molecule has 1 aromatic rings. The fraction of sp³-hybridized carbons (Fsp3) is 0.500. The number of ether oxygens (including phenoxy) is 1. The maximum absolute atomic E-state index is 10.6. The van der Waals surface area contributed by atoms with Crippen LogP contribution in [0.25, 0.3) is 0 Å². The molecule has 1 N–H and O–H groups in total. The Morgan fingerprint density at radius 3 is 3.14 bits per heavy atom. The van der Waals surface area contributed by atoms with Gasteiger partial charge in [-0.2, -0.15) is 11.8 Å². The van der Waals surface area contributed by atoms with Crippen LogP contribution in [0.5, 0.6) is 0 Å². The molecule has 0 aliphatic carbocycles. The zero-order valence-corrected chi connectivity index (χ0v) is 8.94. The lowest BCUT2D eigenvalue weighted by Gasteiger charge is -2.19. The van der Waals surface area contributed by atoms with Crippen molar-refractivity contribution in [2.24, 2.45) is 0 Å². The van der Waals surface area contributed by atoms with Crippen LogP contribution in [-0.4, -0.2) is 34.2 Å². The lowest BCUT2D eigenvalue weighted by atomic mass is 10.4. The summed E-state index contributed by atoms with van der Waals surface area (Å²) in [6.45, 7) is 0.720. The van der Waals surface area contributed by atoms with Crippen molar-refractivity contribution in [3.8, 4) is 0 Å². The van der Waals surface area contributed by atoms with Crippen molar-refractivity contribution in [3.05, 3.63) is 16.1 Å². The molecule has 1 aromatic heterocycles. The van der Waals surface area contributed by atoms with Crippen LogP contribution in [0, 0.1) is 0 Å². The second kappa shape index (κ2) is 4.29. The summed E-state index contributed by atoms with van der Waals surface area (Å²) >= 11 is 3.01. The summed E-state index contributed by atoms with van der Waals surface area (Å²) in [7, 11) is 0. The first-order valence-corrected chi connectivity index (χ1v) is 6.13. The van der Waals surface area contributed by atoms with E-state index in [9.17, 15) is 4.79 Å². The van der Waals surface area contributed by atoms with Crippen molar-refractivity contribution in [2.75, 3.05) is 18.1 Å². The molecule has 1 atom stereocenters.